The molecule has 1 N–H and O–H groups in total. The normalized spacial score (nSPS) is 12.7. The first-order valence-corrected chi connectivity index (χ1v) is 8.38. The summed E-state index contributed by atoms with van der Waals surface area (Å²) in [5, 5.41) is 4.24. The Hall–Kier alpha value is -0.770. The van der Waals surface area contributed by atoms with Gasteiger partial charge in [0.15, 0.2) is 0 Å². The highest BCUT2D eigenvalue weighted by Crippen LogP contribution is 2.28. The van der Waals surface area contributed by atoms with E-state index in [1.54, 1.807) is 0 Å². The number of rotatable bonds is 10. The second kappa shape index (κ2) is 10.0. The fourth-order valence-corrected chi connectivity index (χ4v) is 2.47. The summed E-state index contributed by atoms with van der Waals surface area (Å²) >= 11 is 6.13. The molecule has 0 bridgehead atoms. The van der Waals surface area contributed by atoms with Crippen molar-refractivity contribution in [2.24, 2.45) is 0 Å². The Labute approximate surface area is 134 Å². The van der Waals surface area contributed by atoms with Gasteiger partial charge in [-0.2, -0.15) is 0 Å². The Balaban J connectivity index is 2.68. The minimum Gasteiger partial charge on any atom is -0.492 e. The molecule has 1 aromatic carbocycles. The molecule has 0 radical (unpaired) electrons. The van der Waals surface area contributed by atoms with E-state index in [0.29, 0.717) is 6.61 Å². The highest BCUT2D eigenvalue weighted by Gasteiger charge is 2.12. The summed E-state index contributed by atoms with van der Waals surface area (Å²) in [4.78, 5) is 2.36. The van der Waals surface area contributed by atoms with E-state index in [1.807, 2.05) is 18.2 Å². The summed E-state index contributed by atoms with van der Waals surface area (Å²) < 4.78 is 5.99. The second-order valence-electron chi connectivity index (χ2n) is 5.23. The molecule has 0 heterocycles. The van der Waals surface area contributed by atoms with Gasteiger partial charge in [-0.15, -0.1) is 0 Å². The lowest BCUT2D eigenvalue weighted by atomic mass is 10.1. The van der Waals surface area contributed by atoms with E-state index >= 15 is 0 Å². The Bertz CT molecular complexity index is 408. The highest BCUT2D eigenvalue weighted by molar-refractivity contribution is 6.30. The fraction of sp³-hybridized carbons (Fsp3) is 0.647. The summed E-state index contributed by atoms with van der Waals surface area (Å²) in [6.07, 6.45) is 1.11. The van der Waals surface area contributed by atoms with E-state index in [0.717, 1.165) is 48.9 Å². The van der Waals surface area contributed by atoms with Gasteiger partial charge in [-0.25, -0.2) is 0 Å². The molecule has 0 aliphatic carbocycles. The molecule has 1 rings (SSSR count). The van der Waals surface area contributed by atoms with Gasteiger partial charge in [-0.05, 0) is 51.2 Å². The average molecular weight is 313 g/mol. The maximum absolute atomic E-state index is 6.13. The number of benzene rings is 1. The number of nitrogens with one attached hydrogen (secondary N) is 1. The first kappa shape index (κ1) is 18.3. The molecular weight excluding hydrogens is 284 g/mol. The predicted molar refractivity (Wildman–Crippen MR) is 91.4 cm³/mol. The van der Waals surface area contributed by atoms with Crippen molar-refractivity contribution in [1.29, 1.82) is 0 Å². The summed E-state index contributed by atoms with van der Waals surface area (Å²) in [6, 6.07) is 6.11. The van der Waals surface area contributed by atoms with Gasteiger partial charge in [0.2, 0.25) is 0 Å². The number of hydrogen-bond donors (Lipinski definition) is 1. The highest BCUT2D eigenvalue weighted by atomic mass is 35.5. The number of halogens is 1. The smallest absolute Gasteiger partial charge is 0.124 e. The zero-order valence-corrected chi connectivity index (χ0v) is 14.5. The van der Waals surface area contributed by atoms with Crippen LogP contribution in [-0.4, -0.2) is 37.7 Å². The van der Waals surface area contributed by atoms with Crippen molar-refractivity contribution in [3.05, 3.63) is 28.8 Å². The summed E-state index contributed by atoms with van der Waals surface area (Å²) in [5.41, 5.74) is 1.13. The first-order chi connectivity index (χ1) is 10.1. The van der Waals surface area contributed by atoms with Gasteiger partial charge in [0.25, 0.3) is 0 Å². The molecule has 1 aromatic rings. The van der Waals surface area contributed by atoms with E-state index in [-0.39, 0.29) is 6.04 Å². The lowest BCUT2D eigenvalue weighted by molar-refractivity contribution is 0.221. The minimum absolute atomic E-state index is 0.243. The van der Waals surface area contributed by atoms with Gasteiger partial charge in [0.1, 0.15) is 12.4 Å². The predicted octanol–water partition coefficient (Wildman–Crippen LogP) is 4.12. The quantitative estimate of drug-likeness (QED) is 0.703. The maximum Gasteiger partial charge on any atom is 0.124 e. The van der Waals surface area contributed by atoms with Crippen LogP contribution < -0.4 is 10.1 Å². The second-order valence-corrected chi connectivity index (χ2v) is 5.67. The van der Waals surface area contributed by atoms with Gasteiger partial charge in [-0.3, -0.25) is 0 Å². The number of likely N-dealkylation sites (N-methyl/N-ethyl adjacent to an activating group) is 1. The standard InChI is InChI=1S/C17H29ClN2O/c1-5-10-19-14(4)16-13-15(18)8-9-17(16)21-12-11-20(6-2)7-3/h8-9,13-14,19H,5-7,10-12H2,1-4H3. The third-order valence-electron chi connectivity index (χ3n) is 3.70. The van der Waals surface area contributed by atoms with Crippen LogP contribution >= 0.6 is 11.6 Å². The zero-order chi connectivity index (χ0) is 15.7. The lowest BCUT2D eigenvalue weighted by Gasteiger charge is -2.21. The summed E-state index contributed by atoms with van der Waals surface area (Å²) in [7, 11) is 0. The Morgan fingerprint density at radius 3 is 2.57 bits per heavy atom. The molecule has 0 fully saturated rings. The summed E-state index contributed by atoms with van der Waals surface area (Å²) in [5.74, 6) is 0.933. The molecule has 0 saturated carbocycles. The van der Waals surface area contributed by atoms with E-state index in [9.17, 15) is 0 Å². The lowest BCUT2D eigenvalue weighted by Crippen LogP contribution is -2.28. The Morgan fingerprint density at radius 2 is 1.95 bits per heavy atom. The number of nitrogens with zero attached hydrogens (tertiary/aromatic N) is 1. The van der Waals surface area contributed by atoms with Crippen LogP contribution in [0.3, 0.4) is 0 Å². The Morgan fingerprint density at radius 1 is 1.24 bits per heavy atom. The molecule has 1 unspecified atom stereocenters. The van der Waals surface area contributed by atoms with Gasteiger partial charge < -0.3 is 15.0 Å². The fourth-order valence-electron chi connectivity index (χ4n) is 2.28. The monoisotopic (exact) mass is 312 g/mol. The van der Waals surface area contributed by atoms with Gasteiger partial charge in [-0.1, -0.05) is 32.4 Å². The zero-order valence-electron chi connectivity index (χ0n) is 13.8. The van der Waals surface area contributed by atoms with Crippen LogP contribution in [0, 0.1) is 0 Å². The van der Waals surface area contributed by atoms with E-state index in [2.05, 4.69) is 37.9 Å². The van der Waals surface area contributed by atoms with Crippen LogP contribution in [0.1, 0.15) is 45.7 Å². The van der Waals surface area contributed by atoms with Crippen LogP contribution in [0.25, 0.3) is 0 Å². The molecule has 0 aliphatic heterocycles. The van der Waals surface area contributed by atoms with E-state index < -0.39 is 0 Å². The van der Waals surface area contributed by atoms with Crippen LogP contribution in [0.5, 0.6) is 5.75 Å². The van der Waals surface area contributed by atoms with Crippen LogP contribution in [-0.2, 0) is 0 Å². The van der Waals surface area contributed by atoms with Crippen LogP contribution in [0.2, 0.25) is 5.02 Å². The van der Waals surface area contributed by atoms with Gasteiger partial charge in [0, 0.05) is 23.2 Å². The van der Waals surface area contributed by atoms with Crippen molar-refractivity contribution in [3.63, 3.8) is 0 Å². The molecular formula is C17H29ClN2O. The number of ether oxygens (including phenoxy) is 1. The summed E-state index contributed by atoms with van der Waals surface area (Å²) in [6.45, 7) is 13.4. The van der Waals surface area contributed by atoms with Crippen molar-refractivity contribution in [2.45, 2.75) is 40.2 Å². The molecule has 0 aliphatic rings. The largest absolute Gasteiger partial charge is 0.492 e. The van der Waals surface area contributed by atoms with Crippen LogP contribution in [0.4, 0.5) is 0 Å². The molecule has 0 aromatic heterocycles. The van der Waals surface area contributed by atoms with Gasteiger partial charge in [0.05, 0.1) is 0 Å². The molecule has 3 nitrogen and oxygen atoms in total. The third kappa shape index (κ3) is 6.25. The number of hydrogen-bond acceptors (Lipinski definition) is 3. The van der Waals surface area contributed by atoms with Crippen molar-refractivity contribution in [2.75, 3.05) is 32.8 Å². The Kier molecular flexibility index (Phi) is 8.74. The average Bonchev–Trinajstić information content (AvgIpc) is 2.50. The van der Waals surface area contributed by atoms with E-state index in [1.165, 1.54) is 0 Å². The molecule has 1 atom stereocenters. The molecule has 4 heteroatoms. The van der Waals surface area contributed by atoms with Crippen molar-refractivity contribution < 1.29 is 4.74 Å². The van der Waals surface area contributed by atoms with Crippen molar-refractivity contribution in [1.82, 2.24) is 10.2 Å². The first-order valence-electron chi connectivity index (χ1n) is 8.00. The SMILES string of the molecule is CCCNC(C)c1cc(Cl)ccc1OCCN(CC)CC. The van der Waals surface area contributed by atoms with Crippen LogP contribution in [0.15, 0.2) is 18.2 Å². The third-order valence-corrected chi connectivity index (χ3v) is 3.93. The molecule has 120 valence electrons. The van der Waals surface area contributed by atoms with Crippen molar-refractivity contribution >= 4 is 11.6 Å². The minimum atomic E-state index is 0.243. The molecule has 21 heavy (non-hydrogen) atoms. The van der Waals surface area contributed by atoms with E-state index in [4.69, 9.17) is 16.3 Å². The topological polar surface area (TPSA) is 24.5 Å². The maximum atomic E-state index is 6.13. The van der Waals surface area contributed by atoms with Gasteiger partial charge >= 0.3 is 0 Å². The molecule has 0 saturated heterocycles. The van der Waals surface area contributed by atoms with Crippen molar-refractivity contribution in [3.8, 4) is 5.75 Å². The molecule has 0 spiro atoms. The molecule has 0 amide bonds.